The van der Waals surface area contributed by atoms with Crippen molar-refractivity contribution in [3.8, 4) is 0 Å². The van der Waals surface area contributed by atoms with Gasteiger partial charge in [-0.2, -0.15) is 0 Å². The van der Waals surface area contributed by atoms with Gasteiger partial charge in [-0.05, 0) is 62.8 Å². The maximum absolute atomic E-state index is 10.7. The lowest BCUT2D eigenvalue weighted by Gasteiger charge is -2.44. The Bertz CT molecular complexity index is 350. The molecule has 3 heteroatoms. The van der Waals surface area contributed by atoms with E-state index >= 15 is 0 Å². The van der Waals surface area contributed by atoms with Gasteiger partial charge in [0.25, 0.3) is 0 Å². The van der Waals surface area contributed by atoms with Gasteiger partial charge >= 0.3 is 0 Å². The number of nitrogens with zero attached hydrogens (tertiary/aromatic N) is 1. The molecule has 2 fully saturated rings. The number of aliphatic hydroxyl groups excluding tert-OH is 1. The van der Waals surface area contributed by atoms with Crippen molar-refractivity contribution in [2.24, 2.45) is 17.3 Å². The first kappa shape index (κ1) is 19.2. The molecule has 136 valence electrons. The molecular formula is C20H40N2O. The van der Waals surface area contributed by atoms with E-state index in [1.165, 1.54) is 51.6 Å². The van der Waals surface area contributed by atoms with Crippen LogP contribution < -0.4 is 5.32 Å². The van der Waals surface area contributed by atoms with E-state index < -0.39 is 0 Å². The molecule has 1 saturated carbocycles. The first-order valence-corrected chi connectivity index (χ1v) is 9.97. The zero-order chi connectivity index (χ0) is 17.0. The highest BCUT2D eigenvalue weighted by Gasteiger charge is 2.34. The monoisotopic (exact) mass is 324 g/mol. The Balaban J connectivity index is 1.98. The summed E-state index contributed by atoms with van der Waals surface area (Å²) in [6, 6.07) is 0.882. The average molecular weight is 325 g/mol. The number of likely N-dealkylation sites (tertiary alicyclic amines) is 1. The number of aliphatic hydroxyl groups is 1. The minimum Gasteiger partial charge on any atom is -0.378 e. The van der Waals surface area contributed by atoms with Gasteiger partial charge in [-0.25, -0.2) is 0 Å². The summed E-state index contributed by atoms with van der Waals surface area (Å²) in [4.78, 5) is 2.66. The maximum Gasteiger partial charge on any atom is 0.108 e. The predicted molar refractivity (Wildman–Crippen MR) is 98.4 cm³/mol. The van der Waals surface area contributed by atoms with Crippen molar-refractivity contribution in [3.05, 3.63) is 0 Å². The standard InChI is InChI=1S/C20H40N2O/c1-15(2)13-18(21-19(23)17-9-6-7-10-17)16(3)22-12-8-11-20(4,5)14-22/h15-19,21,23H,6-14H2,1-5H3/t16-,18-,19+/m1/s1. The Labute approximate surface area is 144 Å². The molecule has 1 saturated heterocycles. The van der Waals surface area contributed by atoms with E-state index in [1.54, 1.807) is 0 Å². The van der Waals surface area contributed by atoms with E-state index in [0.29, 0.717) is 29.3 Å². The van der Waals surface area contributed by atoms with Gasteiger partial charge in [0.1, 0.15) is 6.23 Å². The van der Waals surface area contributed by atoms with Crippen LogP contribution in [0.1, 0.15) is 79.6 Å². The van der Waals surface area contributed by atoms with Gasteiger partial charge in [0.15, 0.2) is 0 Å². The van der Waals surface area contributed by atoms with E-state index in [4.69, 9.17) is 0 Å². The van der Waals surface area contributed by atoms with Crippen LogP contribution in [0.25, 0.3) is 0 Å². The lowest BCUT2D eigenvalue weighted by atomic mass is 9.82. The third-order valence-corrected chi connectivity index (χ3v) is 6.04. The number of nitrogens with one attached hydrogen (secondary N) is 1. The van der Waals surface area contributed by atoms with Crippen LogP contribution in [0.5, 0.6) is 0 Å². The third kappa shape index (κ3) is 5.72. The molecule has 1 aliphatic carbocycles. The summed E-state index contributed by atoms with van der Waals surface area (Å²) in [7, 11) is 0. The van der Waals surface area contributed by atoms with Crippen LogP contribution in [-0.2, 0) is 0 Å². The van der Waals surface area contributed by atoms with Crippen molar-refractivity contribution in [1.29, 1.82) is 0 Å². The largest absolute Gasteiger partial charge is 0.378 e. The molecule has 0 aromatic rings. The SMILES string of the molecule is CC(C)C[C@@H](N[C@@H](O)C1CCCC1)[C@@H](C)N1CCCC(C)(C)C1. The van der Waals surface area contributed by atoms with Crippen molar-refractivity contribution in [1.82, 2.24) is 10.2 Å². The van der Waals surface area contributed by atoms with Crippen LogP contribution in [0.2, 0.25) is 0 Å². The average Bonchev–Trinajstić information content (AvgIpc) is 2.98. The second-order valence-electron chi connectivity index (χ2n) is 9.37. The summed E-state index contributed by atoms with van der Waals surface area (Å²) in [5.41, 5.74) is 0.430. The van der Waals surface area contributed by atoms with Crippen molar-refractivity contribution < 1.29 is 5.11 Å². The fraction of sp³-hybridized carbons (Fsp3) is 1.00. The minimum absolute atomic E-state index is 0.318. The van der Waals surface area contributed by atoms with Gasteiger partial charge in [0, 0.05) is 18.6 Å². The van der Waals surface area contributed by atoms with Crippen LogP contribution >= 0.6 is 0 Å². The highest BCUT2D eigenvalue weighted by atomic mass is 16.3. The van der Waals surface area contributed by atoms with E-state index in [2.05, 4.69) is 44.8 Å². The Morgan fingerprint density at radius 1 is 1.13 bits per heavy atom. The Morgan fingerprint density at radius 2 is 1.78 bits per heavy atom. The molecule has 0 aromatic carbocycles. The smallest absolute Gasteiger partial charge is 0.108 e. The van der Waals surface area contributed by atoms with Crippen LogP contribution in [0.15, 0.2) is 0 Å². The molecule has 0 aromatic heterocycles. The van der Waals surface area contributed by atoms with Gasteiger partial charge in [-0.3, -0.25) is 10.2 Å². The van der Waals surface area contributed by atoms with E-state index in [1.807, 2.05) is 0 Å². The third-order valence-electron chi connectivity index (χ3n) is 6.04. The predicted octanol–water partition coefficient (Wildman–Crippen LogP) is 4.01. The summed E-state index contributed by atoms with van der Waals surface area (Å²) in [6.45, 7) is 14.1. The van der Waals surface area contributed by atoms with Gasteiger partial charge in [-0.1, -0.05) is 40.5 Å². The molecule has 0 bridgehead atoms. The van der Waals surface area contributed by atoms with Crippen LogP contribution in [0.3, 0.4) is 0 Å². The van der Waals surface area contributed by atoms with Crippen molar-refractivity contribution in [2.45, 2.75) is 97.9 Å². The molecule has 2 rings (SSSR count). The number of piperidine rings is 1. The molecule has 0 amide bonds. The second-order valence-corrected chi connectivity index (χ2v) is 9.37. The minimum atomic E-state index is -0.318. The Kier molecular flexibility index (Phi) is 6.94. The van der Waals surface area contributed by atoms with Crippen molar-refractivity contribution in [3.63, 3.8) is 0 Å². The Hall–Kier alpha value is -0.120. The van der Waals surface area contributed by atoms with E-state index in [9.17, 15) is 5.11 Å². The number of hydrogen-bond donors (Lipinski definition) is 2. The van der Waals surface area contributed by atoms with Crippen LogP contribution in [0.4, 0.5) is 0 Å². The molecule has 1 heterocycles. The molecule has 2 aliphatic rings. The molecule has 0 unspecified atom stereocenters. The molecular weight excluding hydrogens is 284 g/mol. The highest BCUT2D eigenvalue weighted by Crippen LogP contribution is 2.31. The van der Waals surface area contributed by atoms with Crippen LogP contribution in [-0.4, -0.2) is 41.4 Å². The summed E-state index contributed by atoms with van der Waals surface area (Å²) in [5, 5.41) is 14.3. The highest BCUT2D eigenvalue weighted by molar-refractivity contribution is 4.89. The number of hydrogen-bond acceptors (Lipinski definition) is 3. The summed E-state index contributed by atoms with van der Waals surface area (Å²) in [5.74, 6) is 1.12. The van der Waals surface area contributed by atoms with Gasteiger partial charge < -0.3 is 5.11 Å². The summed E-state index contributed by atoms with van der Waals surface area (Å²) in [6.07, 6.45) is 8.41. The first-order valence-electron chi connectivity index (χ1n) is 9.97. The summed E-state index contributed by atoms with van der Waals surface area (Å²) < 4.78 is 0. The number of rotatable bonds is 7. The summed E-state index contributed by atoms with van der Waals surface area (Å²) >= 11 is 0. The van der Waals surface area contributed by atoms with Crippen molar-refractivity contribution >= 4 is 0 Å². The fourth-order valence-corrected chi connectivity index (χ4v) is 4.61. The maximum atomic E-state index is 10.7. The topological polar surface area (TPSA) is 35.5 Å². The zero-order valence-corrected chi connectivity index (χ0v) is 16.1. The Morgan fingerprint density at radius 3 is 2.35 bits per heavy atom. The molecule has 3 nitrogen and oxygen atoms in total. The van der Waals surface area contributed by atoms with Crippen molar-refractivity contribution in [2.75, 3.05) is 13.1 Å². The van der Waals surface area contributed by atoms with E-state index in [-0.39, 0.29) is 6.23 Å². The normalized spacial score (nSPS) is 27.3. The lowest BCUT2D eigenvalue weighted by molar-refractivity contribution is 0.0222. The molecule has 2 N–H and O–H groups in total. The fourth-order valence-electron chi connectivity index (χ4n) is 4.61. The van der Waals surface area contributed by atoms with Crippen LogP contribution in [0, 0.1) is 17.3 Å². The first-order chi connectivity index (χ1) is 10.8. The van der Waals surface area contributed by atoms with Gasteiger partial charge in [-0.15, -0.1) is 0 Å². The molecule has 0 spiro atoms. The molecule has 1 aliphatic heterocycles. The molecule has 0 radical (unpaired) electrons. The zero-order valence-electron chi connectivity index (χ0n) is 16.1. The second kappa shape index (κ2) is 8.31. The quantitative estimate of drug-likeness (QED) is 0.695. The van der Waals surface area contributed by atoms with Gasteiger partial charge in [0.2, 0.25) is 0 Å². The molecule has 3 atom stereocenters. The van der Waals surface area contributed by atoms with E-state index in [0.717, 1.165) is 6.42 Å². The van der Waals surface area contributed by atoms with Gasteiger partial charge in [0.05, 0.1) is 0 Å². The molecule has 23 heavy (non-hydrogen) atoms. The lowest BCUT2D eigenvalue weighted by Crippen LogP contribution is -2.56.